The number of rotatable bonds is 15. The van der Waals surface area contributed by atoms with Crippen LogP contribution in [0.1, 0.15) is 96.8 Å². The highest BCUT2D eigenvalue weighted by atomic mass is 16.0. The molecule has 5 heteroatoms. The number of quaternary nitrogens is 1. The molecule has 29 heavy (non-hydrogen) atoms. The molecule has 0 rings (SSSR count). The molecule has 5 nitrogen and oxygen atoms in total. The molecular weight excluding hydrogens is 360 g/mol. The fourth-order valence-corrected chi connectivity index (χ4v) is 3.18. The lowest BCUT2D eigenvalue weighted by Crippen LogP contribution is -2.35. The maximum absolute atomic E-state index is 7.25. The van der Waals surface area contributed by atoms with Crippen molar-refractivity contribution in [1.82, 2.24) is 9.80 Å². The van der Waals surface area contributed by atoms with E-state index in [4.69, 9.17) is 5.41 Å². The minimum absolute atomic E-state index is 0. The predicted molar refractivity (Wildman–Crippen MR) is 130 cm³/mol. The molecule has 0 aliphatic carbocycles. The van der Waals surface area contributed by atoms with Crippen LogP contribution in [-0.4, -0.2) is 81.6 Å². The van der Waals surface area contributed by atoms with Crippen LogP contribution in [0.25, 0.3) is 0 Å². The Morgan fingerprint density at radius 2 is 0.862 bits per heavy atom. The Kier molecular flexibility index (Phi) is 24.8. The zero-order chi connectivity index (χ0) is 21.8. The van der Waals surface area contributed by atoms with Gasteiger partial charge in [-0.2, -0.15) is 0 Å². The van der Waals surface area contributed by atoms with E-state index in [1.54, 1.807) is 9.80 Å². The van der Waals surface area contributed by atoms with Gasteiger partial charge in [-0.25, -0.2) is 0 Å². The van der Waals surface area contributed by atoms with Gasteiger partial charge in [-0.15, -0.1) is 0 Å². The molecule has 0 heterocycles. The van der Waals surface area contributed by atoms with Crippen LogP contribution in [0.4, 0.5) is 0 Å². The van der Waals surface area contributed by atoms with Gasteiger partial charge in [0.05, 0.1) is 27.7 Å². The number of guanidine groups is 1. The van der Waals surface area contributed by atoms with Crippen LogP contribution in [0.15, 0.2) is 0 Å². The topological polar surface area (TPSA) is 60.3 Å². The summed E-state index contributed by atoms with van der Waals surface area (Å²) in [5, 5.41) is 7.25. The molecule has 0 aromatic carbocycles. The van der Waals surface area contributed by atoms with Crippen LogP contribution >= 0.6 is 0 Å². The normalized spacial score (nSPS) is 10.6. The van der Waals surface area contributed by atoms with Crippen LogP contribution in [0.2, 0.25) is 0 Å². The van der Waals surface area contributed by atoms with Gasteiger partial charge in [0.1, 0.15) is 0 Å². The maximum atomic E-state index is 7.25. The minimum Gasteiger partial charge on any atom is -0.870 e. The lowest BCUT2D eigenvalue weighted by molar-refractivity contribution is -0.870. The van der Waals surface area contributed by atoms with Crippen LogP contribution in [0, 0.1) is 5.41 Å². The van der Waals surface area contributed by atoms with Crippen molar-refractivity contribution in [2.24, 2.45) is 0 Å². The van der Waals surface area contributed by atoms with E-state index >= 15 is 0 Å². The zero-order valence-corrected chi connectivity index (χ0v) is 21.4. The van der Waals surface area contributed by atoms with Crippen molar-refractivity contribution in [2.75, 3.05) is 55.9 Å². The molecule has 0 aliphatic heterocycles. The predicted octanol–water partition coefficient (Wildman–Crippen LogP) is 6.04. The van der Waals surface area contributed by atoms with E-state index in [2.05, 4.69) is 28.1 Å². The van der Waals surface area contributed by atoms with E-state index in [0.29, 0.717) is 5.96 Å². The smallest absolute Gasteiger partial charge is 0.192 e. The summed E-state index contributed by atoms with van der Waals surface area (Å²) in [5.74, 6) is 0.519. The standard InChI is InChI=1S/C19H42N.C5H13N3.H2O/c1-5-6-7-8-9-10-11-12-13-14-15-16-17-18-19-20(2,3)4;1-7(2)5(6)8(3)4;/h5-19H2,1-4H3;6H,1-4H3;1H2/q+1;;/p-1. The van der Waals surface area contributed by atoms with Gasteiger partial charge in [-0.1, -0.05) is 84.0 Å². The monoisotopic (exact) mass is 416 g/mol. The first kappa shape index (κ1) is 32.8. The molecule has 0 bridgehead atoms. The van der Waals surface area contributed by atoms with Crippen molar-refractivity contribution in [1.29, 1.82) is 5.41 Å². The molecule has 0 aromatic rings. The van der Waals surface area contributed by atoms with Crippen LogP contribution in [-0.2, 0) is 0 Å². The summed E-state index contributed by atoms with van der Waals surface area (Å²) in [6.07, 6.45) is 20.4. The highest BCUT2D eigenvalue weighted by Gasteiger charge is 2.04. The summed E-state index contributed by atoms with van der Waals surface area (Å²) in [6, 6.07) is 0. The highest BCUT2D eigenvalue weighted by molar-refractivity contribution is 5.75. The first-order valence-corrected chi connectivity index (χ1v) is 11.9. The van der Waals surface area contributed by atoms with E-state index in [-0.39, 0.29) is 5.48 Å². The number of unbranched alkanes of at least 4 members (excludes halogenated alkanes) is 13. The lowest BCUT2D eigenvalue weighted by atomic mass is 10.0. The fourth-order valence-electron chi connectivity index (χ4n) is 3.18. The van der Waals surface area contributed by atoms with E-state index in [0.717, 1.165) is 4.48 Å². The quantitative estimate of drug-likeness (QED) is 0.153. The Balaban J connectivity index is -0.000000636. The van der Waals surface area contributed by atoms with Gasteiger partial charge in [-0.3, -0.25) is 5.41 Å². The second-order valence-corrected chi connectivity index (χ2v) is 9.72. The molecule has 178 valence electrons. The third kappa shape index (κ3) is 29.5. The first-order valence-electron chi connectivity index (χ1n) is 11.9. The molecule has 0 radical (unpaired) electrons. The molecule has 0 saturated heterocycles. The molecule has 0 saturated carbocycles. The Morgan fingerprint density at radius 3 is 1.07 bits per heavy atom. The van der Waals surface area contributed by atoms with Gasteiger partial charge >= 0.3 is 0 Å². The van der Waals surface area contributed by atoms with E-state index < -0.39 is 0 Å². The van der Waals surface area contributed by atoms with Crippen molar-refractivity contribution in [2.45, 2.75) is 96.8 Å². The number of nitrogens with zero attached hydrogens (tertiary/aromatic N) is 3. The van der Waals surface area contributed by atoms with Gasteiger partial charge in [0.15, 0.2) is 5.96 Å². The van der Waals surface area contributed by atoms with Crippen molar-refractivity contribution < 1.29 is 9.96 Å². The van der Waals surface area contributed by atoms with E-state index in [9.17, 15) is 0 Å². The highest BCUT2D eigenvalue weighted by Crippen LogP contribution is 2.13. The van der Waals surface area contributed by atoms with E-state index in [1.807, 2.05) is 28.2 Å². The van der Waals surface area contributed by atoms with Crippen LogP contribution in [0.5, 0.6) is 0 Å². The van der Waals surface area contributed by atoms with Crippen molar-refractivity contribution in [3.05, 3.63) is 0 Å². The maximum Gasteiger partial charge on any atom is 0.192 e. The van der Waals surface area contributed by atoms with Gasteiger partial charge < -0.3 is 19.8 Å². The van der Waals surface area contributed by atoms with Gasteiger partial charge in [0.25, 0.3) is 0 Å². The van der Waals surface area contributed by atoms with E-state index in [1.165, 1.54) is 96.4 Å². The molecule has 0 amide bonds. The summed E-state index contributed by atoms with van der Waals surface area (Å²) in [5.41, 5.74) is 0. The number of hydrogen-bond acceptors (Lipinski definition) is 2. The summed E-state index contributed by atoms with van der Waals surface area (Å²) < 4.78 is 1.12. The summed E-state index contributed by atoms with van der Waals surface area (Å²) in [6.45, 7) is 3.63. The lowest BCUT2D eigenvalue weighted by Gasteiger charge is -2.23. The zero-order valence-electron chi connectivity index (χ0n) is 21.4. The average molecular weight is 417 g/mol. The SMILES string of the molecule is CCCCCCCCCCCCCCCC[N+](C)(C)C.CN(C)C(=N)N(C)C.[OH-]. The third-order valence-electron chi connectivity index (χ3n) is 5.03. The Labute approximate surface area is 184 Å². The minimum atomic E-state index is 0. The third-order valence-corrected chi connectivity index (χ3v) is 5.03. The first-order chi connectivity index (χ1) is 13.1. The van der Waals surface area contributed by atoms with Crippen LogP contribution in [0.3, 0.4) is 0 Å². The summed E-state index contributed by atoms with van der Waals surface area (Å²) in [4.78, 5) is 3.50. The molecule has 2 N–H and O–H groups in total. The Morgan fingerprint density at radius 1 is 0.586 bits per heavy atom. The summed E-state index contributed by atoms with van der Waals surface area (Å²) in [7, 11) is 14.3. The molecular formula is C24H56N4O. The molecule has 0 fully saturated rings. The summed E-state index contributed by atoms with van der Waals surface area (Å²) >= 11 is 0. The average Bonchev–Trinajstić information content (AvgIpc) is 2.60. The fraction of sp³-hybridized carbons (Fsp3) is 0.958. The number of nitrogens with one attached hydrogen (secondary N) is 1. The molecule has 0 spiro atoms. The van der Waals surface area contributed by atoms with Crippen LogP contribution < -0.4 is 0 Å². The second-order valence-electron chi connectivity index (χ2n) is 9.72. The molecule has 0 atom stereocenters. The Hall–Kier alpha value is -0.810. The molecule has 0 aliphatic rings. The largest absolute Gasteiger partial charge is 0.870 e. The molecule has 0 unspecified atom stereocenters. The van der Waals surface area contributed by atoms with Gasteiger partial charge in [0.2, 0.25) is 0 Å². The Bertz CT molecular complexity index is 328. The number of hydrogen-bond donors (Lipinski definition) is 1. The van der Waals surface area contributed by atoms with Gasteiger partial charge in [0, 0.05) is 28.2 Å². The van der Waals surface area contributed by atoms with Crippen molar-refractivity contribution in [3.63, 3.8) is 0 Å². The second kappa shape index (κ2) is 21.9. The van der Waals surface area contributed by atoms with Crippen molar-refractivity contribution in [3.8, 4) is 0 Å². The molecule has 0 aromatic heterocycles. The van der Waals surface area contributed by atoms with Gasteiger partial charge in [-0.05, 0) is 12.8 Å². The van der Waals surface area contributed by atoms with Crippen molar-refractivity contribution >= 4 is 5.96 Å².